The summed E-state index contributed by atoms with van der Waals surface area (Å²) in [6.07, 6.45) is 5.71. The van der Waals surface area contributed by atoms with Gasteiger partial charge in [-0.1, -0.05) is 15.9 Å². The molecule has 1 aliphatic heterocycles. The summed E-state index contributed by atoms with van der Waals surface area (Å²) in [6, 6.07) is 0. The summed E-state index contributed by atoms with van der Waals surface area (Å²) in [5, 5.41) is 0. The summed E-state index contributed by atoms with van der Waals surface area (Å²) in [6.45, 7) is 2.67. The van der Waals surface area contributed by atoms with Crippen molar-refractivity contribution in [3.05, 3.63) is 0 Å². The highest BCUT2D eigenvalue weighted by molar-refractivity contribution is 9.09. The lowest BCUT2D eigenvalue weighted by atomic mass is 9.75. The summed E-state index contributed by atoms with van der Waals surface area (Å²) in [5.41, 5.74) is 0. The van der Waals surface area contributed by atoms with Crippen LogP contribution in [0.4, 0.5) is 0 Å². The highest BCUT2D eigenvalue weighted by atomic mass is 79.9. The minimum Gasteiger partial charge on any atom is -0.306 e. The lowest BCUT2D eigenvalue weighted by Gasteiger charge is -2.41. The first kappa shape index (κ1) is 9.01. The predicted octanol–water partition coefficient (Wildman–Crippen LogP) is 2.50. The molecule has 2 rings (SSSR count). The molecule has 0 aromatic heterocycles. The van der Waals surface area contributed by atoms with Crippen LogP contribution in [0.1, 0.15) is 25.7 Å². The topological polar surface area (TPSA) is 3.24 Å². The third kappa shape index (κ3) is 1.85. The van der Waals surface area contributed by atoms with Crippen molar-refractivity contribution in [2.45, 2.75) is 30.5 Å². The number of hydrogen-bond donors (Lipinski definition) is 0. The highest BCUT2D eigenvalue weighted by Crippen LogP contribution is 2.38. The van der Waals surface area contributed by atoms with Crippen LogP contribution >= 0.6 is 15.9 Å². The Morgan fingerprint density at radius 3 is 2.83 bits per heavy atom. The second-order valence-corrected chi connectivity index (χ2v) is 5.78. The molecule has 2 aliphatic rings. The Morgan fingerprint density at radius 2 is 2.00 bits per heavy atom. The van der Waals surface area contributed by atoms with Gasteiger partial charge in [-0.3, -0.25) is 0 Å². The molecular formula is C10H18BrN. The van der Waals surface area contributed by atoms with Gasteiger partial charge in [0, 0.05) is 11.4 Å². The van der Waals surface area contributed by atoms with Crippen LogP contribution in [-0.2, 0) is 0 Å². The molecule has 1 aliphatic carbocycles. The van der Waals surface area contributed by atoms with Crippen molar-refractivity contribution in [1.29, 1.82) is 0 Å². The van der Waals surface area contributed by atoms with Crippen LogP contribution in [-0.4, -0.2) is 29.9 Å². The van der Waals surface area contributed by atoms with Gasteiger partial charge < -0.3 is 4.90 Å². The second kappa shape index (κ2) is 3.67. The Labute approximate surface area is 83.6 Å². The van der Waals surface area contributed by atoms with Gasteiger partial charge in [-0.25, -0.2) is 0 Å². The fraction of sp³-hybridized carbons (Fsp3) is 1.00. The summed E-state index contributed by atoms with van der Waals surface area (Å²) >= 11 is 3.75. The second-order valence-electron chi connectivity index (χ2n) is 4.48. The van der Waals surface area contributed by atoms with Crippen molar-refractivity contribution in [2.75, 3.05) is 20.1 Å². The van der Waals surface area contributed by atoms with Crippen molar-refractivity contribution in [3.8, 4) is 0 Å². The molecule has 1 nitrogen and oxygen atoms in total. The molecule has 2 fully saturated rings. The monoisotopic (exact) mass is 231 g/mol. The van der Waals surface area contributed by atoms with Gasteiger partial charge in [0.2, 0.25) is 0 Å². The standard InChI is InChI=1S/C10H18BrN/c1-12-5-4-8-6-10(11)3-2-9(8)7-12/h8-10H,2-7H2,1H3/t8-,9?,10+/m0/s1. The maximum Gasteiger partial charge on any atom is 0.0148 e. The first-order valence-corrected chi connectivity index (χ1v) is 6.00. The lowest BCUT2D eigenvalue weighted by molar-refractivity contribution is 0.108. The molecular weight excluding hydrogens is 214 g/mol. The number of likely N-dealkylation sites (tertiary alicyclic amines) is 1. The molecule has 1 saturated heterocycles. The van der Waals surface area contributed by atoms with Gasteiger partial charge in [-0.2, -0.15) is 0 Å². The van der Waals surface area contributed by atoms with Crippen molar-refractivity contribution in [2.24, 2.45) is 11.8 Å². The predicted molar refractivity (Wildman–Crippen MR) is 55.7 cm³/mol. The number of hydrogen-bond acceptors (Lipinski definition) is 1. The van der Waals surface area contributed by atoms with Gasteiger partial charge >= 0.3 is 0 Å². The minimum atomic E-state index is 0.821. The molecule has 0 amide bonds. The molecule has 0 N–H and O–H groups in total. The average molecular weight is 232 g/mol. The maximum atomic E-state index is 3.75. The van der Waals surface area contributed by atoms with E-state index in [-0.39, 0.29) is 0 Å². The number of fused-ring (bicyclic) bond motifs is 1. The van der Waals surface area contributed by atoms with E-state index in [0.29, 0.717) is 0 Å². The Bertz CT molecular complexity index is 142. The fourth-order valence-electron chi connectivity index (χ4n) is 2.74. The number of piperidine rings is 1. The first-order valence-electron chi connectivity index (χ1n) is 5.08. The van der Waals surface area contributed by atoms with E-state index in [2.05, 4.69) is 27.9 Å². The summed E-state index contributed by atoms with van der Waals surface area (Å²) in [5.74, 6) is 2.04. The van der Waals surface area contributed by atoms with E-state index < -0.39 is 0 Å². The van der Waals surface area contributed by atoms with Crippen molar-refractivity contribution >= 4 is 15.9 Å². The van der Waals surface area contributed by atoms with Crippen LogP contribution in [0.15, 0.2) is 0 Å². The summed E-state index contributed by atoms with van der Waals surface area (Å²) < 4.78 is 0. The third-order valence-corrected chi connectivity index (χ3v) is 4.34. The Balaban J connectivity index is 1.94. The zero-order valence-corrected chi connectivity index (χ0v) is 9.39. The summed E-state index contributed by atoms with van der Waals surface area (Å²) in [4.78, 5) is 3.32. The lowest BCUT2D eigenvalue weighted by Crippen LogP contribution is -2.41. The Kier molecular flexibility index (Phi) is 2.75. The van der Waals surface area contributed by atoms with Crippen molar-refractivity contribution < 1.29 is 0 Å². The SMILES string of the molecule is CN1CC[C@H]2C[C@H](Br)CCC2C1. The number of halogens is 1. The normalized spacial score (nSPS) is 44.0. The van der Waals surface area contributed by atoms with Crippen molar-refractivity contribution in [1.82, 2.24) is 4.90 Å². The minimum absolute atomic E-state index is 0.821. The summed E-state index contributed by atoms with van der Waals surface area (Å²) in [7, 11) is 2.26. The first-order chi connectivity index (χ1) is 5.75. The molecule has 1 saturated carbocycles. The van der Waals surface area contributed by atoms with Crippen LogP contribution in [0.25, 0.3) is 0 Å². The van der Waals surface area contributed by atoms with Crippen LogP contribution in [0.3, 0.4) is 0 Å². The Hall–Kier alpha value is 0.440. The fourth-order valence-corrected chi connectivity index (χ4v) is 3.49. The van der Waals surface area contributed by atoms with Crippen molar-refractivity contribution in [3.63, 3.8) is 0 Å². The van der Waals surface area contributed by atoms with E-state index in [1.807, 2.05) is 0 Å². The van der Waals surface area contributed by atoms with E-state index >= 15 is 0 Å². The van der Waals surface area contributed by atoms with Gasteiger partial charge in [0.05, 0.1) is 0 Å². The smallest absolute Gasteiger partial charge is 0.0148 e. The molecule has 1 heterocycles. The van der Waals surface area contributed by atoms with Gasteiger partial charge in [0.1, 0.15) is 0 Å². The van der Waals surface area contributed by atoms with E-state index in [0.717, 1.165) is 16.7 Å². The molecule has 70 valence electrons. The van der Waals surface area contributed by atoms with E-state index in [1.54, 1.807) is 0 Å². The Morgan fingerprint density at radius 1 is 1.17 bits per heavy atom. The maximum absolute atomic E-state index is 3.75. The molecule has 0 radical (unpaired) electrons. The molecule has 0 aromatic rings. The quantitative estimate of drug-likeness (QED) is 0.580. The van der Waals surface area contributed by atoms with Crippen LogP contribution < -0.4 is 0 Å². The van der Waals surface area contributed by atoms with Gasteiger partial charge in [-0.05, 0) is 51.1 Å². The molecule has 3 atom stereocenters. The largest absolute Gasteiger partial charge is 0.306 e. The molecule has 2 heteroatoms. The van der Waals surface area contributed by atoms with E-state index in [1.165, 1.54) is 38.8 Å². The molecule has 0 spiro atoms. The van der Waals surface area contributed by atoms with E-state index in [9.17, 15) is 0 Å². The van der Waals surface area contributed by atoms with Crippen LogP contribution in [0.2, 0.25) is 0 Å². The highest BCUT2D eigenvalue weighted by Gasteiger charge is 2.32. The molecule has 0 aromatic carbocycles. The van der Waals surface area contributed by atoms with Crippen LogP contribution in [0.5, 0.6) is 0 Å². The van der Waals surface area contributed by atoms with Gasteiger partial charge in [-0.15, -0.1) is 0 Å². The van der Waals surface area contributed by atoms with E-state index in [4.69, 9.17) is 0 Å². The number of nitrogens with zero attached hydrogens (tertiary/aromatic N) is 1. The number of alkyl halides is 1. The zero-order valence-electron chi connectivity index (χ0n) is 7.80. The van der Waals surface area contributed by atoms with Gasteiger partial charge in [0.25, 0.3) is 0 Å². The number of rotatable bonds is 0. The zero-order chi connectivity index (χ0) is 8.55. The molecule has 12 heavy (non-hydrogen) atoms. The van der Waals surface area contributed by atoms with Crippen LogP contribution in [0, 0.1) is 11.8 Å². The average Bonchev–Trinajstić information content (AvgIpc) is 2.05. The molecule has 0 bridgehead atoms. The molecule has 1 unspecified atom stereocenters. The van der Waals surface area contributed by atoms with Gasteiger partial charge in [0.15, 0.2) is 0 Å². The third-order valence-electron chi connectivity index (χ3n) is 3.50.